The fraction of sp³-hybridized carbons (Fsp3) is 0.385. The van der Waals surface area contributed by atoms with E-state index in [-0.39, 0.29) is 5.91 Å². The average molecular weight is 446 g/mol. The molecule has 1 amide bonds. The van der Waals surface area contributed by atoms with Crippen LogP contribution in [0.1, 0.15) is 22.3 Å². The second-order valence-electron chi connectivity index (χ2n) is 9.16. The number of hydrogen-bond acceptors (Lipinski definition) is 5. The summed E-state index contributed by atoms with van der Waals surface area (Å²) in [7, 11) is 0. The number of benzene rings is 2. The first kappa shape index (κ1) is 21.7. The van der Waals surface area contributed by atoms with Gasteiger partial charge in [0, 0.05) is 62.9 Å². The Kier molecular flexibility index (Phi) is 6.15. The van der Waals surface area contributed by atoms with Crippen LogP contribution in [0.2, 0.25) is 0 Å². The Morgan fingerprint density at radius 1 is 0.939 bits per heavy atom. The van der Waals surface area contributed by atoms with Crippen molar-refractivity contribution in [2.24, 2.45) is 0 Å². The van der Waals surface area contributed by atoms with E-state index in [0.717, 1.165) is 31.7 Å². The largest absolute Gasteiger partial charge is 0.387 e. The van der Waals surface area contributed by atoms with E-state index in [0.29, 0.717) is 38.2 Å². The number of hydrogen-bond donors (Lipinski definition) is 1. The number of para-hydroxylation sites is 1. The number of aromatic nitrogens is 2. The van der Waals surface area contributed by atoms with Gasteiger partial charge in [0.05, 0.1) is 18.7 Å². The summed E-state index contributed by atoms with van der Waals surface area (Å²) in [6.45, 7) is 5.84. The van der Waals surface area contributed by atoms with Gasteiger partial charge in [0.1, 0.15) is 0 Å². The molecule has 7 nitrogen and oxygen atoms in total. The number of β-amino-alcohol motifs (C(OH)–C–C–N with tert-alkyl or cyclic N) is 1. The van der Waals surface area contributed by atoms with Crippen molar-refractivity contribution in [2.75, 3.05) is 50.7 Å². The van der Waals surface area contributed by atoms with Gasteiger partial charge in [-0.05, 0) is 36.2 Å². The molecule has 33 heavy (non-hydrogen) atoms. The van der Waals surface area contributed by atoms with E-state index >= 15 is 0 Å². The van der Waals surface area contributed by atoms with Crippen LogP contribution in [-0.4, -0.2) is 82.0 Å². The predicted molar refractivity (Wildman–Crippen MR) is 128 cm³/mol. The molecule has 2 fully saturated rings. The normalized spacial score (nSPS) is 21.5. The van der Waals surface area contributed by atoms with Gasteiger partial charge >= 0.3 is 0 Å². The van der Waals surface area contributed by atoms with Crippen LogP contribution in [0.5, 0.6) is 0 Å². The van der Waals surface area contributed by atoms with E-state index in [1.807, 2.05) is 52.2 Å². The van der Waals surface area contributed by atoms with Crippen LogP contribution >= 0.6 is 0 Å². The van der Waals surface area contributed by atoms with Crippen molar-refractivity contribution in [3.8, 4) is 0 Å². The second-order valence-corrected chi connectivity index (χ2v) is 9.16. The molecule has 0 bridgehead atoms. The van der Waals surface area contributed by atoms with Gasteiger partial charge in [0.15, 0.2) is 0 Å². The highest BCUT2D eigenvalue weighted by Gasteiger charge is 2.40. The van der Waals surface area contributed by atoms with Crippen LogP contribution in [0.15, 0.2) is 73.1 Å². The molecule has 3 aromatic rings. The maximum absolute atomic E-state index is 13.3. The fourth-order valence-electron chi connectivity index (χ4n) is 4.98. The number of piperazine rings is 1. The van der Waals surface area contributed by atoms with Crippen molar-refractivity contribution >= 4 is 11.6 Å². The molecule has 1 unspecified atom stereocenters. The molecular formula is C26H31N5O2. The molecule has 0 spiro atoms. The highest BCUT2D eigenvalue weighted by Crippen LogP contribution is 2.26. The fourth-order valence-corrected chi connectivity index (χ4v) is 4.98. The zero-order chi connectivity index (χ0) is 22.7. The summed E-state index contributed by atoms with van der Waals surface area (Å²) >= 11 is 0. The number of aliphatic hydroxyl groups is 1. The van der Waals surface area contributed by atoms with Crippen LogP contribution in [0, 0.1) is 0 Å². The number of carbonyl (C=O) groups is 1. The van der Waals surface area contributed by atoms with Crippen LogP contribution in [-0.2, 0) is 6.54 Å². The van der Waals surface area contributed by atoms with Crippen molar-refractivity contribution < 1.29 is 9.90 Å². The molecule has 0 radical (unpaired) electrons. The molecule has 2 aliphatic rings. The standard InChI is InChI=1S/C26H31N5O2/c32-25(24-10-5-4-7-22(24)19-31-13-6-12-27-31)30-14-11-26(33,21-30)20-28-15-17-29(18-16-28)23-8-2-1-3-9-23/h1-10,12-13,33H,11,14-21H2. The molecule has 2 aliphatic heterocycles. The summed E-state index contributed by atoms with van der Waals surface area (Å²) in [4.78, 5) is 19.9. The summed E-state index contributed by atoms with van der Waals surface area (Å²) in [5, 5.41) is 15.6. The maximum atomic E-state index is 13.3. The van der Waals surface area contributed by atoms with Crippen molar-refractivity contribution in [3.05, 3.63) is 84.2 Å². The summed E-state index contributed by atoms with van der Waals surface area (Å²) < 4.78 is 1.82. The maximum Gasteiger partial charge on any atom is 0.254 e. The lowest BCUT2D eigenvalue weighted by atomic mass is 10.0. The Hall–Kier alpha value is -3.16. The van der Waals surface area contributed by atoms with Gasteiger partial charge < -0.3 is 14.9 Å². The minimum atomic E-state index is -0.860. The van der Waals surface area contributed by atoms with Crippen LogP contribution in [0.3, 0.4) is 0 Å². The Morgan fingerprint density at radius 3 is 2.45 bits per heavy atom. The SMILES string of the molecule is O=C(c1ccccc1Cn1cccn1)N1CCC(O)(CN2CCN(c3ccccc3)CC2)C1. The van der Waals surface area contributed by atoms with Crippen LogP contribution in [0.25, 0.3) is 0 Å². The zero-order valence-electron chi connectivity index (χ0n) is 18.9. The number of carbonyl (C=O) groups excluding carboxylic acids is 1. The number of amides is 1. The van der Waals surface area contributed by atoms with Crippen molar-refractivity contribution in [1.29, 1.82) is 0 Å². The van der Waals surface area contributed by atoms with Crippen molar-refractivity contribution in [1.82, 2.24) is 19.6 Å². The third-order valence-electron chi connectivity index (χ3n) is 6.77. The second kappa shape index (κ2) is 9.37. The number of rotatable bonds is 6. The van der Waals surface area contributed by atoms with Gasteiger partial charge in [-0.2, -0.15) is 5.10 Å². The summed E-state index contributed by atoms with van der Waals surface area (Å²) in [5.41, 5.74) is 2.02. The Bertz CT molecular complexity index is 1060. The highest BCUT2D eigenvalue weighted by atomic mass is 16.3. The van der Waals surface area contributed by atoms with Gasteiger partial charge in [-0.3, -0.25) is 14.4 Å². The molecule has 7 heteroatoms. The molecular weight excluding hydrogens is 414 g/mol. The summed E-state index contributed by atoms with van der Waals surface area (Å²) in [6, 6.07) is 20.1. The monoisotopic (exact) mass is 445 g/mol. The molecule has 1 N–H and O–H groups in total. The van der Waals surface area contributed by atoms with E-state index in [1.165, 1.54) is 5.69 Å². The van der Waals surface area contributed by atoms with E-state index in [2.05, 4.69) is 39.2 Å². The van der Waals surface area contributed by atoms with E-state index in [9.17, 15) is 9.90 Å². The number of likely N-dealkylation sites (tertiary alicyclic amines) is 1. The third-order valence-corrected chi connectivity index (χ3v) is 6.77. The van der Waals surface area contributed by atoms with Gasteiger partial charge in [0.25, 0.3) is 5.91 Å². The lowest BCUT2D eigenvalue weighted by Gasteiger charge is -2.39. The van der Waals surface area contributed by atoms with Crippen LogP contribution < -0.4 is 4.90 Å². The first-order chi connectivity index (χ1) is 16.1. The number of nitrogens with zero attached hydrogens (tertiary/aromatic N) is 5. The van der Waals surface area contributed by atoms with E-state index < -0.39 is 5.60 Å². The summed E-state index contributed by atoms with van der Waals surface area (Å²) in [6.07, 6.45) is 4.25. The van der Waals surface area contributed by atoms with Crippen LogP contribution in [0.4, 0.5) is 5.69 Å². The van der Waals surface area contributed by atoms with Crippen molar-refractivity contribution in [2.45, 2.75) is 18.6 Å². The molecule has 1 aromatic heterocycles. The molecule has 1 atom stereocenters. The van der Waals surface area contributed by atoms with Crippen molar-refractivity contribution in [3.63, 3.8) is 0 Å². The summed E-state index contributed by atoms with van der Waals surface area (Å²) in [5.74, 6) is -0.0115. The number of anilines is 1. The molecule has 2 aromatic carbocycles. The molecule has 0 saturated carbocycles. The molecule has 172 valence electrons. The van der Waals surface area contributed by atoms with Gasteiger partial charge in [-0.1, -0.05) is 36.4 Å². The first-order valence-electron chi connectivity index (χ1n) is 11.7. The first-order valence-corrected chi connectivity index (χ1v) is 11.7. The Labute approximate surface area is 194 Å². The molecule has 5 rings (SSSR count). The lowest BCUT2D eigenvalue weighted by Crippen LogP contribution is -2.53. The topological polar surface area (TPSA) is 64.8 Å². The molecule has 2 saturated heterocycles. The van der Waals surface area contributed by atoms with Gasteiger partial charge in [0.2, 0.25) is 0 Å². The Balaban J connectivity index is 1.19. The van der Waals surface area contributed by atoms with Gasteiger partial charge in [-0.25, -0.2) is 0 Å². The third kappa shape index (κ3) is 4.94. The van der Waals surface area contributed by atoms with Gasteiger partial charge in [-0.15, -0.1) is 0 Å². The lowest BCUT2D eigenvalue weighted by molar-refractivity contribution is 0.0103. The highest BCUT2D eigenvalue weighted by molar-refractivity contribution is 5.96. The Morgan fingerprint density at radius 2 is 1.70 bits per heavy atom. The smallest absolute Gasteiger partial charge is 0.254 e. The average Bonchev–Trinajstić information content (AvgIpc) is 3.50. The zero-order valence-corrected chi connectivity index (χ0v) is 18.9. The predicted octanol–water partition coefficient (Wildman–Crippen LogP) is 2.33. The van der Waals surface area contributed by atoms with E-state index in [1.54, 1.807) is 6.20 Å². The minimum Gasteiger partial charge on any atom is -0.387 e. The quantitative estimate of drug-likeness (QED) is 0.631. The molecule has 0 aliphatic carbocycles. The molecule has 3 heterocycles. The minimum absolute atomic E-state index is 0.0115. The van der Waals surface area contributed by atoms with E-state index in [4.69, 9.17) is 0 Å².